The Morgan fingerprint density at radius 2 is 1.94 bits per heavy atom. The van der Waals surface area contributed by atoms with Crippen LogP contribution < -0.4 is 19.3 Å². The molecule has 2 aromatic carbocycles. The molecule has 0 saturated carbocycles. The van der Waals surface area contributed by atoms with Crippen LogP contribution in [0.5, 0.6) is 5.75 Å². The minimum atomic E-state index is -3.35. The van der Waals surface area contributed by atoms with E-state index >= 15 is 0 Å². The number of anilines is 2. The van der Waals surface area contributed by atoms with Crippen molar-refractivity contribution < 1.29 is 22.7 Å². The maximum Gasteiger partial charge on any atom is 0.261 e. The first-order valence-corrected chi connectivity index (χ1v) is 12.4. The van der Waals surface area contributed by atoms with Crippen LogP contribution in [0.25, 0.3) is 0 Å². The molecule has 1 atom stereocenters. The summed E-state index contributed by atoms with van der Waals surface area (Å²) in [7, 11) is -1.87. The van der Waals surface area contributed by atoms with Gasteiger partial charge in [-0.05, 0) is 54.8 Å². The van der Waals surface area contributed by atoms with Gasteiger partial charge in [0.15, 0.2) is 6.10 Å². The van der Waals surface area contributed by atoms with Crippen LogP contribution in [0.2, 0.25) is 0 Å². The van der Waals surface area contributed by atoms with Gasteiger partial charge in [0.2, 0.25) is 15.9 Å². The number of amides is 2. The molecule has 1 saturated heterocycles. The van der Waals surface area contributed by atoms with Crippen LogP contribution in [-0.4, -0.2) is 46.2 Å². The molecular weight excluding hydrogens is 430 g/mol. The van der Waals surface area contributed by atoms with Gasteiger partial charge in [-0.3, -0.25) is 13.9 Å². The largest absolute Gasteiger partial charge is 0.481 e. The molecule has 2 aromatic rings. The number of carbonyl (C=O) groups is 2. The number of rotatable bonds is 9. The second kappa shape index (κ2) is 10.0. The van der Waals surface area contributed by atoms with Crippen molar-refractivity contribution in [2.45, 2.75) is 38.8 Å². The minimum absolute atomic E-state index is 0.124. The molecule has 1 N–H and O–H groups in total. The van der Waals surface area contributed by atoms with Gasteiger partial charge in [-0.25, -0.2) is 8.42 Å². The first-order chi connectivity index (χ1) is 15.2. The van der Waals surface area contributed by atoms with E-state index < -0.39 is 16.1 Å². The Bertz CT molecular complexity index is 1070. The Labute approximate surface area is 189 Å². The third kappa shape index (κ3) is 5.79. The first kappa shape index (κ1) is 23.6. The van der Waals surface area contributed by atoms with E-state index in [1.807, 2.05) is 31.2 Å². The highest BCUT2D eigenvalue weighted by Crippen LogP contribution is 2.23. The fraction of sp³-hybridized carbons (Fsp3) is 0.391. The van der Waals surface area contributed by atoms with E-state index in [-0.39, 0.29) is 11.8 Å². The Hall–Kier alpha value is -3.07. The highest BCUT2D eigenvalue weighted by Gasteiger charge is 2.22. The highest BCUT2D eigenvalue weighted by atomic mass is 32.2. The van der Waals surface area contributed by atoms with Crippen molar-refractivity contribution in [1.29, 1.82) is 0 Å². The molecule has 2 amide bonds. The van der Waals surface area contributed by atoms with Crippen LogP contribution in [-0.2, 0) is 26.2 Å². The van der Waals surface area contributed by atoms with E-state index in [0.717, 1.165) is 30.5 Å². The van der Waals surface area contributed by atoms with Crippen molar-refractivity contribution in [1.82, 2.24) is 5.32 Å². The van der Waals surface area contributed by atoms with Crippen molar-refractivity contribution in [2.75, 3.05) is 29.1 Å². The maximum absolute atomic E-state index is 12.7. The second-order valence-electron chi connectivity index (χ2n) is 7.78. The number of sulfonamides is 1. The van der Waals surface area contributed by atoms with Crippen molar-refractivity contribution in [3.05, 3.63) is 54.1 Å². The molecule has 0 radical (unpaired) electrons. The Balaban J connectivity index is 1.59. The summed E-state index contributed by atoms with van der Waals surface area (Å²) in [6.45, 7) is 2.90. The van der Waals surface area contributed by atoms with Crippen molar-refractivity contribution in [2.24, 2.45) is 0 Å². The molecule has 172 valence electrons. The third-order valence-electron chi connectivity index (χ3n) is 5.40. The average Bonchev–Trinajstić information content (AvgIpc) is 3.21. The maximum atomic E-state index is 12.7. The van der Waals surface area contributed by atoms with E-state index in [2.05, 4.69) is 5.32 Å². The summed E-state index contributed by atoms with van der Waals surface area (Å²) in [5.41, 5.74) is 2.26. The Morgan fingerprint density at radius 3 is 2.53 bits per heavy atom. The number of carbonyl (C=O) groups excluding carboxylic acids is 2. The normalized spacial score (nSPS) is 14.8. The molecular formula is C23H29N3O5S. The first-order valence-electron chi connectivity index (χ1n) is 10.6. The summed E-state index contributed by atoms with van der Waals surface area (Å²) >= 11 is 0. The molecule has 0 aliphatic carbocycles. The summed E-state index contributed by atoms with van der Waals surface area (Å²) in [4.78, 5) is 26.4. The zero-order valence-corrected chi connectivity index (χ0v) is 19.4. The number of nitrogens with one attached hydrogen (secondary N) is 1. The molecule has 0 bridgehead atoms. The molecule has 9 heteroatoms. The van der Waals surface area contributed by atoms with E-state index in [1.165, 1.54) is 11.4 Å². The lowest BCUT2D eigenvalue weighted by Crippen LogP contribution is -2.37. The number of nitrogens with zero attached hydrogens (tertiary/aromatic N) is 2. The summed E-state index contributed by atoms with van der Waals surface area (Å²) in [6.07, 6.45) is 2.35. The molecule has 1 aliphatic heterocycles. The van der Waals surface area contributed by atoms with Gasteiger partial charge in [-0.15, -0.1) is 0 Å². The fourth-order valence-corrected chi connectivity index (χ4v) is 3.98. The van der Waals surface area contributed by atoms with Crippen molar-refractivity contribution in [3.8, 4) is 5.75 Å². The number of hydrogen-bond acceptors (Lipinski definition) is 5. The van der Waals surface area contributed by atoms with E-state index in [0.29, 0.717) is 30.8 Å². The quantitative estimate of drug-likeness (QED) is 0.622. The highest BCUT2D eigenvalue weighted by molar-refractivity contribution is 7.92. The van der Waals surface area contributed by atoms with E-state index in [4.69, 9.17) is 4.74 Å². The average molecular weight is 460 g/mol. The second-order valence-corrected chi connectivity index (χ2v) is 9.79. The van der Waals surface area contributed by atoms with Gasteiger partial charge < -0.3 is 15.0 Å². The molecule has 0 aromatic heterocycles. The van der Waals surface area contributed by atoms with E-state index in [9.17, 15) is 18.0 Å². The van der Waals surface area contributed by atoms with Gasteiger partial charge in [0.25, 0.3) is 5.91 Å². The monoisotopic (exact) mass is 459 g/mol. The van der Waals surface area contributed by atoms with Gasteiger partial charge in [0.05, 0.1) is 11.9 Å². The van der Waals surface area contributed by atoms with E-state index in [1.54, 1.807) is 29.2 Å². The van der Waals surface area contributed by atoms with Gasteiger partial charge >= 0.3 is 0 Å². The summed E-state index contributed by atoms with van der Waals surface area (Å²) < 4.78 is 30.3. The van der Waals surface area contributed by atoms with Crippen LogP contribution in [0.3, 0.4) is 0 Å². The predicted molar refractivity (Wildman–Crippen MR) is 124 cm³/mol. The Kier molecular flexibility index (Phi) is 7.40. The molecule has 1 heterocycles. The zero-order valence-electron chi connectivity index (χ0n) is 18.6. The smallest absolute Gasteiger partial charge is 0.261 e. The molecule has 8 nitrogen and oxygen atoms in total. The fourth-order valence-electron chi connectivity index (χ4n) is 3.47. The number of ether oxygens (including phenoxy) is 1. The Morgan fingerprint density at radius 1 is 1.22 bits per heavy atom. The summed E-state index contributed by atoms with van der Waals surface area (Å²) in [5, 5.41) is 2.89. The zero-order chi connectivity index (χ0) is 23.3. The summed E-state index contributed by atoms with van der Waals surface area (Å²) in [5.74, 6) is 0.360. The molecule has 1 fully saturated rings. The SMILES string of the molecule is CC[C@H](Oc1ccc(N(C)S(C)(=O)=O)cc1)C(=O)NCc1cccc(N2CCCC2=O)c1. The van der Waals surface area contributed by atoms with Gasteiger partial charge in [0, 0.05) is 32.2 Å². The molecule has 0 spiro atoms. The lowest BCUT2D eigenvalue weighted by molar-refractivity contribution is -0.128. The molecule has 32 heavy (non-hydrogen) atoms. The van der Waals surface area contributed by atoms with Gasteiger partial charge in [-0.1, -0.05) is 19.1 Å². The van der Waals surface area contributed by atoms with Gasteiger partial charge in [0.1, 0.15) is 5.75 Å². The van der Waals surface area contributed by atoms with Crippen LogP contribution in [0, 0.1) is 0 Å². The van der Waals surface area contributed by atoms with Crippen LogP contribution in [0.4, 0.5) is 11.4 Å². The van der Waals surface area contributed by atoms with Gasteiger partial charge in [-0.2, -0.15) is 0 Å². The molecule has 0 unspecified atom stereocenters. The van der Waals surface area contributed by atoms with Crippen LogP contribution in [0.1, 0.15) is 31.7 Å². The molecule has 1 aliphatic rings. The predicted octanol–water partition coefficient (Wildman–Crippen LogP) is 2.68. The van der Waals surface area contributed by atoms with Crippen LogP contribution in [0.15, 0.2) is 48.5 Å². The number of benzene rings is 2. The van der Waals surface area contributed by atoms with Crippen molar-refractivity contribution >= 4 is 33.2 Å². The summed E-state index contributed by atoms with van der Waals surface area (Å²) in [6, 6.07) is 14.2. The topological polar surface area (TPSA) is 96.0 Å². The standard InChI is InChI=1S/C23H29N3O5S/c1-4-21(31-20-12-10-18(11-13-20)25(2)32(3,29)30)23(28)24-16-17-7-5-8-19(15-17)26-14-6-9-22(26)27/h5,7-8,10-13,15,21H,4,6,9,14,16H2,1-3H3,(H,24,28)/t21-/m0/s1. The lowest BCUT2D eigenvalue weighted by atomic mass is 10.1. The minimum Gasteiger partial charge on any atom is -0.481 e. The molecule has 3 rings (SSSR count). The lowest BCUT2D eigenvalue weighted by Gasteiger charge is -2.20. The van der Waals surface area contributed by atoms with Crippen molar-refractivity contribution in [3.63, 3.8) is 0 Å². The number of hydrogen-bond donors (Lipinski definition) is 1. The van der Waals surface area contributed by atoms with Crippen LogP contribution >= 0.6 is 0 Å². The third-order valence-corrected chi connectivity index (χ3v) is 6.61.